The zero-order chi connectivity index (χ0) is 16.7. The van der Waals surface area contributed by atoms with Gasteiger partial charge in [0.05, 0.1) is 4.90 Å². The molecule has 2 amide bonds. The Morgan fingerprint density at radius 3 is 2.74 bits per heavy atom. The predicted molar refractivity (Wildman–Crippen MR) is 89.7 cm³/mol. The lowest BCUT2D eigenvalue weighted by molar-refractivity contribution is 0.177. The molecule has 1 saturated heterocycles. The minimum Gasteiger partial charge on any atom is -0.338 e. The van der Waals surface area contributed by atoms with Crippen molar-refractivity contribution in [2.45, 2.75) is 43.5 Å². The molecule has 7 heteroatoms. The summed E-state index contributed by atoms with van der Waals surface area (Å²) in [5.74, 6) is 0. The van der Waals surface area contributed by atoms with Crippen molar-refractivity contribution in [3.05, 3.63) is 30.3 Å². The van der Waals surface area contributed by atoms with Gasteiger partial charge in [-0.2, -0.15) is 0 Å². The lowest BCUT2D eigenvalue weighted by Gasteiger charge is -2.33. The molecule has 0 saturated carbocycles. The normalized spacial score (nSPS) is 18.7. The zero-order valence-corrected chi connectivity index (χ0v) is 14.3. The average molecular weight is 339 g/mol. The number of hydrogen-bond acceptors (Lipinski definition) is 3. The molecule has 2 rings (SSSR count). The fourth-order valence-corrected chi connectivity index (χ4v) is 3.91. The summed E-state index contributed by atoms with van der Waals surface area (Å²) in [5, 5.41) is 2.88. The van der Waals surface area contributed by atoms with Crippen LogP contribution in [0.4, 0.5) is 4.79 Å². The minimum atomic E-state index is -3.54. The lowest BCUT2D eigenvalue weighted by Crippen LogP contribution is -2.52. The van der Waals surface area contributed by atoms with E-state index in [4.69, 9.17) is 0 Å². The number of benzene rings is 1. The summed E-state index contributed by atoms with van der Waals surface area (Å²) in [7, 11) is -3.54. The summed E-state index contributed by atoms with van der Waals surface area (Å²) in [6, 6.07) is 7.96. The molecule has 1 aliphatic heterocycles. The van der Waals surface area contributed by atoms with Crippen LogP contribution in [-0.2, 0) is 10.0 Å². The Labute approximate surface area is 138 Å². The second-order valence-electron chi connectivity index (χ2n) is 5.80. The van der Waals surface area contributed by atoms with Gasteiger partial charge in [-0.1, -0.05) is 31.5 Å². The molecule has 6 nitrogen and oxygen atoms in total. The molecule has 1 fully saturated rings. The molecule has 0 spiro atoms. The molecule has 0 radical (unpaired) electrons. The average Bonchev–Trinajstić information content (AvgIpc) is 2.55. The first-order chi connectivity index (χ1) is 11.0. The number of sulfonamides is 1. The second kappa shape index (κ2) is 8.31. The highest BCUT2D eigenvalue weighted by Gasteiger charge is 2.27. The third-order valence-electron chi connectivity index (χ3n) is 3.89. The van der Waals surface area contributed by atoms with Gasteiger partial charge in [0.1, 0.15) is 0 Å². The van der Waals surface area contributed by atoms with E-state index in [9.17, 15) is 13.2 Å². The largest absolute Gasteiger partial charge is 0.338 e. The Morgan fingerprint density at radius 2 is 2.04 bits per heavy atom. The van der Waals surface area contributed by atoms with Gasteiger partial charge in [0, 0.05) is 25.7 Å². The molecule has 23 heavy (non-hydrogen) atoms. The van der Waals surface area contributed by atoms with Crippen LogP contribution in [0.3, 0.4) is 0 Å². The first kappa shape index (κ1) is 17.7. The smallest absolute Gasteiger partial charge is 0.317 e. The van der Waals surface area contributed by atoms with Crippen LogP contribution in [0.5, 0.6) is 0 Å². The van der Waals surface area contributed by atoms with Crippen molar-refractivity contribution in [2.75, 3.05) is 19.6 Å². The third kappa shape index (κ3) is 5.21. The monoisotopic (exact) mass is 339 g/mol. The molecule has 1 aromatic carbocycles. The number of piperidine rings is 1. The summed E-state index contributed by atoms with van der Waals surface area (Å²) >= 11 is 0. The van der Waals surface area contributed by atoms with E-state index >= 15 is 0 Å². The van der Waals surface area contributed by atoms with E-state index in [-0.39, 0.29) is 17.0 Å². The van der Waals surface area contributed by atoms with Crippen molar-refractivity contribution in [1.82, 2.24) is 14.9 Å². The number of nitrogens with one attached hydrogen (secondary N) is 2. The van der Waals surface area contributed by atoms with Crippen LogP contribution in [0.2, 0.25) is 0 Å². The number of nitrogens with zero attached hydrogens (tertiary/aromatic N) is 1. The summed E-state index contributed by atoms with van der Waals surface area (Å²) in [4.78, 5) is 14.0. The Balaban J connectivity index is 1.92. The number of urea groups is 1. The van der Waals surface area contributed by atoms with E-state index in [1.54, 1.807) is 35.2 Å². The zero-order valence-electron chi connectivity index (χ0n) is 13.5. The first-order valence-electron chi connectivity index (χ1n) is 8.13. The van der Waals surface area contributed by atoms with Gasteiger partial charge in [-0.25, -0.2) is 17.9 Å². The lowest BCUT2D eigenvalue weighted by atomic mass is 10.1. The highest BCUT2D eigenvalue weighted by Crippen LogP contribution is 2.14. The van der Waals surface area contributed by atoms with E-state index in [1.165, 1.54) is 0 Å². The van der Waals surface area contributed by atoms with Gasteiger partial charge in [-0.15, -0.1) is 0 Å². The predicted octanol–water partition coefficient (Wildman–Crippen LogP) is 1.94. The van der Waals surface area contributed by atoms with Crippen LogP contribution in [0.1, 0.15) is 32.6 Å². The molecular formula is C16H25N3O3S. The number of rotatable bonds is 6. The summed E-state index contributed by atoms with van der Waals surface area (Å²) in [6.45, 7) is 3.80. The van der Waals surface area contributed by atoms with E-state index in [2.05, 4.69) is 17.0 Å². The number of hydrogen-bond donors (Lipinski definition) is 2. The third-order valence-corrected chi connectivity index (χ3v) is 5.43. The van der Waals surface area contributed by atoms with Gasteiger partial charge >= 0.3 is 6.03 Å². The Kier molecular flexibility index (Phi) is 6.41. The van der Waals surface area contributed by atoms with E-state index < -0.39 is 10.0 Å². The van der Waals surface area contributed by atoms with Crippen molar-refractivity contribution in [2.24, 2.45) is 0 Å². The maximum atomic E-state index is 12.4. The Morgan fingerprint density at radius 1 is 1.30 bits per heavy atom. The quantitative estimate of drug-likeness (QED) is 0.778. The molecule has 1 unspecified atom stereocenters. The molecule has 2 N–H and O–H groups in total. The second-order valence-corrected chi connectivity index (χ2v) is 7.52. The van der Waals surface area contributed by atoms with E-state index in [0.717, 1.165) is 25.7 Å². The van der Waals surface area contributed by atoms with Crippen LogP contribution in [0, 0.1) is 0 Å². The van der Waals surface area contributed by atoms with E-state index in [0.29, 0.717) is 19.6 Å². The number of likely N-dealkylation sites (tertiary alicyclic amines) is 1. The van der Waals surface area contributed by atoms with Gasteiger partial charge < -0.3 is 10.2 Å². The number of carbonyl (C=O) groups excluding carboxylic acids is 1. The van der Waals surface area contributed by atoms with Crippen LogP contribution in [0.15, 0.2) is 35.2 Å². The van der Waals surface area contributed by atoms with Crippen molar-refractivity contribution in [3.63, 3.8) is 0 Å². The Hall–Kier alpha value is -1.60. The van der Waals surface area contributed by atoms with E-state index in [1.807, 2.05) is 0 Å². The molecule has 0 bridgehead atoms. The molecule has 0 aliphatic carbocycles. The van der Waals surface area contributed by atoms with Crippen molar-refractivity contribution in [3.8, 4) is 0 Å². The number of amides is 2. The summed E-state index contributed by atoms with van der Waals surface area (Å²) < 4.78 is 27.4. The molecule has 1 heterocycles. The van der Waals surface area contributed by atoms with Gasteiger partial charge in [-0.05, 0) is 31.4 Å². The molecule has 1 aromatic rings. The fourth-order valence-electron chi connectivity index (χ4n) is 2.63. The highest BCUT2D eigenvalue weighted by molar-refractivity contribution is 7.89. The molecule has 1 aliphatic rings. The number of carbonyl (C=O) groups is 1. The fraction of sp³-hybridized carbons (Fsp3) is 0.562. The first-order valence-corrected chi connectivity index (χ1v) is 9.61. The van der Waals surface area contributed by atoms with Crippen molar-refractivity contribution < 1.29 is 13.2 Å². The van der Waals surface area contributed by atoms with Crippen LogP contribution >= 0.6 is 0 Å². The van der Waals surface area contributed by atoms with Crippen LogP contribution in [-0.4, -0.2) is 45.0 Å². The maximum Gasteiger partial charge on any atom is 0.317 e. The summed E-state index contributed by atoms with van der Waals surface area (Å²) in [6.07, 6.45) is 3.51. The summed E-state index contributed by atoms with van der Waals surface area (Å²) in [5.41, 5.74) is 0. The minimum absolute atomic E-state index is 0.109. The standard InChI is InChI=1S/C16H25N3O3S/c1-2-3-11-17-16(20)19-12-7-8-14(13-19)18-23(21,22)15-9-5-4-6-10-15/h4-6,9-10,14,18H,2-3,7-8,11-13H2,1H3,(H,17,20). The van der Waals surface area contributed by atoms with Gasteiger partial charge in [-0.3, -0.25) is 0 Å². The molecule has 0 aromatic heterocycles. The highest BCUT2D eigenvalue weighted by atomic mass is 32.2. The van der Waals surface area contributed by atoms with Crippen molar-refractivity contribution >= 4 is 16.1 Å². The molecule has 1 atom stereocenters. The Bertz CT molecular complexity index is 604. The maximum absolute atomic E-state index is 12.4. The SMILES string of the molecule is CCCCNC(=O)N1CCCC(NS(=O)(=O)c2ccccc2)C1. The van der Waals surface area contributed by atoms with Crippen LogP contribution < -0.4 is 10.0 Å². The topological polar surface area (TPSA) is 78.5 Å². The van der Waals surface area contributed by atoms with Gasteiger partial charge in [0.2, 0.25) is 10.0 Å². The molecular weight excluding hydrogens is 314 g/mol. The molecule has 128 valence electrons. The van der Waals surface area contributed by atoms with Crippen LogP contribution in [0.25, 0.3) is 0 Å². The van der Waals surface area contributed by atoms with Gasteiger partial charge in [0.25, 0.3) is 0 Å². The van der Waals surface area contributed by atoms with Gasteiger partial charge in [0.15, 0.2) is 0 Å². The van der Waals surface area contributed by atoms with Crippen molar-refractivity contribution in [1.29, 1.82) is 0 Å². The number of unbranched alkanes of at least 4 members (excludes halogenated alkanes) is 1.